The van der Waals surface area contributed by atoms with E-state index >= 15 is 0 Å². The average Bonchev–Trinajstić information content (AvgIpc) is 3.03. The second kappa shape index (κ2) is 6.71. The molecular formula is C18H17N3OS. The summed E-state index contributed by atoms with van der Waals surface area (Å²) >= 11 is 1.60. The number of pyridine rings is 2. The van der Waals surface area contributed by atoms with Crippen LogP contribution in [0.4, 0.5) is 0 Å². The Morgan fingerprint density at radius 2 is 2.13 bits per heavy atom. The zero-order valence-electron chi connectivity index (χ0n) is 13.0. The second-order valence-electron chi connectivity index (χ2n) is 5.00. The van der Waals surface area contributed by atoms with E-state index in [9.17, 15) is 0 Å². The van der Waals surface area contributed by atoms with Gasteiger partial charge in [0, 0.05) is 29.4 Å². The predicted molar refractivity (Wildman–Crippen MR) is 95.7 cm³/mol. The average molecular weight is 323 g/mol. The number of methoxy groups -OCH3 is 1. The molecule has 0 saturated heterocycles. The van der Waals surface area contributed by atoms with Crippen LogP contribution in [0.2, 0.25) is 0 Å². The standard InChI is InChI=1S/C18H17N3OS/c1-3-4-5-14(19)15-10-16(22-2)18-17(21-15)13(11-23-18)12-6-8-20-9-7-12/h4-11,19H,3H2,1-2H3/b5-4-,19-14?. The van der Waals surface area contributed by atoms with Gasteiger partial charge >= 0.3 is 0 Å². The van der Waals surface area contributed by atoms with E-state index in [4.69, 9.17) is 15.1 Å². The Morgan fingerprint density at radius 1 is 1.35 bits per heavy atom. The van der Waals surface area contributed by atoms with Crippen LogP contribution in [0, 0.1) is 5.41 Å². The molecule has 3 heterocycles. The SMILES string of the molecule is CC/C=C\C(=N)c1cc(OC)c2scc(-c3ccncc3)c2n1. The molecule has 0 aliphatic heterocycles. The number of aromatic nitrogens is 2. The van der Waals surface area contributed by atoms with Crippen LogP contribution in [0.1, 0.15) is 19.0 Å². The molecule has 0 fully saturated rings. The van der Waals surface area contributed by atoms with Crippen molar-refractivity contribution in [2.45, 2.75) is 13.3 Å². The van der Waals surface area contributed by atoms with Crippen LogP contribution >= 0.6 is 11.3 Å². The number of fused-ring (bicyclic) bond motifs is 1. The van der Waals surface area contributed by atoms with Crippen molar-refractivity contribution < 1.29 is 4.74 Å². The fourth-order valence-corrected chi connectivity index (χ4v) is 3.34. The lowest BCUT2D eigenvalue weighted by Crippen LogP contribution is -2.00. The van der Waals surface area contributed by atoms with Crippen molar-refractivity contribution in [2.75, 3.05) is 7.11 Å². The van der Waals surface area contributed by atoms with Gasteiger partial charge in [-0.3, -0.25) is 10.4 Å². The van der Waals surface area contributed by atoms with E-state index in [1.807, 2.05) is 31.2 Å². The van der Waals surface area contributed by atoms with Crippen LogP contribution in [0.5, 0.6) is 5.75 Å². The lowest BCUT2D eigenvalue weighted by Gasteiger charge is -2.06. The molecule has 3 aromatic heterocycles. The van der Waals surface area contributed by atoms with Gasteiger partial charge in [0.15, 0.2) is 0 Å². The minimum atomic E-state index is 0.388. The maximum Gasteiger partial charge on any atom is 0.140 e. The third-order valence-electron chi connectivity index (χ3n) is 3.50. The molecule has 5 heteroatoms. The molecule has 23 heavy (non-hydrogen) atoms. The number of thiophene rings is 1. The van der Waals surface area contributed by atoms with Crippen LogP contribution in [-0.4, -0.2) is 22.8 Å². The van der Waals surface area contributed by atoms with Gasteiger partial charge in [-0.05, 0) is 30.2 Å². The molecule has 0 bridgehead atoms. The highest BCUT2D eigenvalue weighted by atomic mass is 32.1. The fourth-order valence-electron chi connectivity index (χ4n) is 2.33. The summed E-state index contributed by atoms with van der Waals surface area (Å²) in [5.74, 6) is 0.755. The number of ether oxygens (including phenoxy) is 1. The van der Waals surface area contributed by atoms with E-state index < -0.39 is 0 Å². The Bertz CT molecular complexity index is 869. The van der Waals surface area contributed by atoms with Crippen molar-refractivity contribution in [3.05, 3.63) is 53.8 Å². The Labute approximate surface area is 139 Å². The highest BCUT2D eigenvalue weighted by Gasteiger charge is 2.15. The molecule has 0 spiro atoms. The van der Waals surface area contributed by atoms with Gasteiger partial charge in [0.25, 0.3) is 0 Å². The van der Waals surface area contributed by atoms with Gasteiger partial charge in [0.1, 0.15) is 5.75 Å². The molecule has 0 atom stereocenters. The topological polar surface area (TPSA) is 58.9 Å². The zero-order chi connectivity index (χ0) is 16.2. The minimum Gasteiger partial charge on any atom is -0.495 e. The van der Waals surface area contributed by atoms with Gasteiger partial charge in [-0.2, -0.15) is 0 Å². The van der Waals surface area contributed by atoms with Crippen molar-refractivity contribution in [1.82, 2.24) is 9.97 Å². The molecule has 0 aromatic carbocycles. The van der Waals surface area contributed by atoms with E-state index in [-0.39, 0.29) is 0 Å². The Kier molecular flexibility index (Phi) is 4.48. The molecule has 4 nitrogen and oxygen atoms in total. The summed E-state index contributed by atoms with van der Waals surface area (Å²) in [4.78, 5) is 8.77. The Balaban J connectivity index is 2.18. The van der Waals surface area contributed by atoms with Gasteiger partial charge in [-0.15, -0.1) is 11.3 Å². The van der Waals surface area contributed by atoms with E-state index in [1.54, 1.807) is 36.9 Å². The quantitative estimate of drug-likeness (QED) is 0.692. The predicted octanol–water partition coefficient (Wildman–Crippen LogP) is 4.70. The first-order valence-corrected chi connectivity index (χ1v) is 8.24. The molecular weight excluding hydrogens is 306 g/mol. The van der Waals surface area contributed by atoms with Gasteiger partial charge in [0.05, 0.1) is 28.7 Å². The normalized spacial score (nSPS) is 11.2. The van der Waals surface area contributed by atoms with Gasteiger partial charge < -0.3 is 4.74 Å². The summed E-state index contributed by atoms with van der Waals surface area (Å²) in [7, 11) is 1.65. The van der Waals surface area contributed by atoms with Crippen molar-refractivity contribution in [2.24, 2.45) is 0 Å². The first kappa shape index (κ1) is 15.4. The molecule has 116 valence electrons. The number of hydrogen-bond donors (Lipinski definition) is 1. The molecule has 0 unspecified atom stereocenters. The van der Waals surface area contributed by atoms with Gasteiger partial charge in [-0.25, -0.2) is 4.98 Å². The first-order valence-electron chi connectivity index (χ1n) is 7.36. The van der Waals surface area contributed by atoms with Crippen LogP contribution in [0.15, 0.2) is 48.1 Å². The minimum absolute atomic E-state index is 0.388. The van der Waals surface area contributed by atoms with Crippen molar-refractivity contribution in [3.8, 4) is 16.9 Å². The van der Waals surface area contributed by atoms with Gasteiger partial charge in [-0.1, -0.05) is 13.0 Å². The lowest BCUT2D eigenvalue weighted by molar-refractivity contribution is 0.420. The molecule has 1 N–H and O–H groups in total. The maximum atomic E-state index is 8.20. The van der Waals surface area contributed by atoms with E-state index in [0.717, 1.165) is 33.5 Å². The smallest absolute Gasteiger partial charge is 0.140 e. The van der Waals surface area contributed by atoms with Crippen molar-refractivity contribution in [3.63, 3.8) is 0 Å². The number of hydrogen-bond acceptors (Lipinski definition) is 5. The third-order valence-corrected chi connectivity index (χ3v) is 4.48. The highest BCUT2D eigenvalue weighted by Crippen LogP contribution is 2.38. The van der Waals surface area contributed by atoms with Crippen molar-refractivity contribution >= 4 is 27.3 Å². The number of nitrogens with one attached hydrogen (secondary N) is 1. The van der Waals surface area contributed by atoms with E-state index in [1.165, 1.54) is 0 Å². The second-order valence-corrected chi connectivity index (χ2v) is 5.88. The summed E-state index contributed by atoms with van der Waals surface area (Å²) in [5.41, 5.74) is 3.98. The molecule has 0 radical (unpaired) electrons. The number of rotatable bonds is 5. The first-order chi connectivity index (χ1) is 11.2. The summed E-state index contributed by atoms with van der Waals surface area (Å²) in [6, 6.07) is 5.76. The van der Waals surface area contributed by atoms with Crippen LogP contribution in [0.25, 0.3) is 21.3 Å². The zero-order valence-corrected chi connectivity index (χ0v) is 13.9. The summed E-state index contributed by atoms with van der Waals surface area (Å²) in [6.45, 7) is 2.04. The monoisotopic (exact) mass is 323 g/mol. The molecule has 3 rings (SSSR count). The summed E-state index contributed by atoms with van der Waals surface area (Å²) < 4.78 is 6.50. The number of allylic oxidation sites excluding steroid dienone is 2. The molecule has 3 aromatic rings. The van der Waals surface area contributed by atoms with Crippen LogP contribution < -0.4 is 4.74 Å². The van der Waals surface area contributed by atoms with Gasteiger partial charge in [0.2, 0.25) is 0 Å². The maximum absolute atomic E-state index is 8.20. The molecule has 0 aliphatic carbocycles. The van der Waals surface area contributed by atoms with Crippen LogP contribution in [-0.2, 0) is 0 Å². The van der Waals surface area contributed by atoms with E-state index in [0.29, 0.717) is 11.4 Å². The summed E-state index contributed by atoms with van der Waals surface area (Å²) in [5, 5.41) is 10.3. The van der Waals surface area contributed by atoms with Crippen LogP contribution in [0.3, 0.4) is 0 Å². The number of nitrogens with zero attached hydrogens (tertiary/aromatic N) is 2. The largest absolute Gasteiger partial charge is 0.495 e. The Hall–Kier alpha value is -2.53. The molecule has 0 aliphatic rings. The summed E-state index contributed by atoms with van der Waals surface area (Å²) in [6.07, 6.45) is 8.17. The molecule has 0 saturated carbocycles. The van der Waals surface area contributed by atoms with Crippen molar-refractivity contribution in [1.29, 1.82) is 5.41 Å². The molecule has 0 amide bonds. The highest BCUT2D eigenvalue weighted by molar-refractivity contribution is 7.18. The third kappa shape index (κ3) is 3.00. The fraction of sp³-hybridized carbons (Fsp3) is 0.167. The Morgan fingerprint density at radius 3 is 2.83 bits per heavy atom. The van der Waals surface area contributed by atoms with E-state index in [2.05, 4.69) is 10.4 Å². The lowest BCUT2D eigenvalue weighted by atomic mass is 10.1.